The Kier molecular flexibility index (Phi) is 9.66. The van der Waals surface area contributed by atoms with Crippen molar-refractivity contribution in [1.82, 2.24) is 4.72 Å². The molecule has 0 spiro atoms. The average molecular weight is 476 g/mol. The zero-order valence-corrected chi connectivity index (χ0v) is 18.7. The van der Waals surface area contributed by atoms with Crippen LogP contribution in [0.4, 0.5) is 9.18 Å². The van der Waals surface area contributed by atoms with Crippen LogP contribution in [-0.2, 0) is 24.3 Å². The zero-order valence-electron chi connectivity index (χ0n) is 17.9. The highest BCUT2D eigenvalue weighted by Gasteiger charge is 2.21. The Labute approximate surface area is 186 Å². The zero-order chi connectivity index (χ0) is 23.7. The number of hydrogen-bond acceptors (Lipinski definition) is 7. The van der Waals surface area contributed by atoms with E-state index < -0.39 is 46.6 Å². The van der Waals surface area contributed by atoms with E-state index in [0.717, 1.165) is 25.7 Å². The number of ether oxygens (including phenoxy) is 3. The fourth-order valence-electron chi connectivity index (χ4n) is 3.35. The third-order valence-corrected chi connectivity index (χ3v) is 6.42. The maximum Gasteiger partial charge on any atom is 0.406 e. The van der Waals surface area contributed by atoms with E-state index in [4.69, 9.17) is 20.9 Å². The van der Waals surface area contributed by atoms with Crippen LogP contribution < -0.4 is 20.9 Å². The Morgan fingerprint density at radius 1 is 1.25 bits per heavy atom. The van der Waals surface area contributed by atoms with Crippen molar-refractivity contribution in [2.45, 2.75) is 63.9 Å². The van der Waals surface area contributed by atoms with E-state index in [-0.39, 0.29) is 30.6 Å². The van der Waals surface area contributed by atoms with E-state index in [9.17, 15) is 22.4 Å². The van der Waals surface area contributed by atoms with Crippen LogP contribution in [0.2, 0.25) is 0 Å². The van der Waals surface area contributed by atoms with Crippen molar-refractivity contribution in [2.75, 3.05) is 12.4 Å². The van der Waals surface area contributed by atoms with Crippen LogP contribution in [0.3, 0.4) is 0 Å². The summed E-state index contributed by atoms with van der Waals surface area (Å²) in [6.45, 7) is 1.53. The smallest absolute Gasteiger partial charge is 0.406 e. The van der Waals surface area contributed by atoms with Gasteiger partial charge in [-0.25, -0.2) is 22.3 Å². The number of hydrogen-bond donors (Lipinski definition) is 3. The van der Waals surface area contributed by atoms with Crippen molar-refractivity contribution in [2.24, 2.45) is 11.5 Å². The topological polar surface area (TPSA) is 160 Å². The number of nitrogens with one attached hydrogen (secondary N) is 1. The summed E-state index contributed by atoms with van der Waals surface area (Å²) < 4.78 is 56.9. The second kappa shape index (κ2) is 12.0. The first-order valence-electron chi connectivity index (χ1n) is 10.4. The Morgan fingerprint density at radius 2 is 1.94 bits per heavy atom. The average Bonchev–Trinajstić information content (AvgIpc) is 3.18. The van der Waals surface area contributed by atoms with E-state index in [0.29, 0.717) is 5.56 Å². The normalized spacial score (nSPS) is 16.4. The molecule has 1 aliphatic carbocycles. The summed E-state index contributed by atoms with van der Waals surface area (Å²) in [5.74, 6) is -1.43. The maximum atomic E-state index is 14.1. The van der Waals surface area contributed by atoms with Crippen molar-refractivity contribution in [3.63, 3.8) is 0 Å². The Balaban J connectivity index is 1.86. The fraction of sp³-hybridized carbons (Fsp3) is 0.600. The number of carbonyl (C=O) groups is 2. The van der Waals surface area contributed by atoms with Gasteiger partial charge in [0.05, 0.1) is 24.9 Å². The van der Waals surface area contributed by atoms with E-state index >= 15 is 0 Å². The molecule has 0 aliphatic heterocycles. The largest absolute Gasteiger partial charge is 0.487 e. The van der Waals surface area contributed by atoms with Gasteiger partial charge in [0.2, 0.25) is 22.2 Å². The highest BCUT2D eigenvalue weighted by atomic mass is 32.2. The van der Waals surface area contributed by atoms with Gasteiger partial charge in [-0.3, -0.25) is 4.79 Å². The van der Waals surface area contributed by atoms with Gasteiger partial charge in [-0.2, -0.15) is 0 Å². The molecule has 2 rings (SSSR count). The highest BCUT2D eigenvalue weighted by molar-refractivity contribution is 7.89. The Bertz CT molecular complexity index is 875. The molecule has 0 heterocycles. The van der Waals surface area contributed by atoms with Crippen molar-refractivity contribution in [3.8, 4) is 5.75 Å². The monoisotopic (exact) mass is 475 g/mol. The molecule has 0 unspecified atom stereocenters. The van der Waals surface area contributed by atoms with Crippen LogP contribution >= 0.6 is 0 Å². The van der Waals surface area contributed by atoms with Crippen LogP contribution in [0.5, 0.6) is 5.75 Å². The molecule has 10 nitrogen and oxygen atoms in total. The van der Waals surface area contributed by atoms with Gasteiger partial charge in [-0.15, -0.1) is 0 Å². The molecule has 32 heavy (non-hydrogen) atoms. The van der Waals surface area contributed by atoms with Gasteiger partial charge in [0.25, 0.3) is 0 Å². The lowest BCUT2D eigenvalue weighted by molar-refractivity contribution is -0.135. The number of benzene rings is 1. The number of sulfonamides is 1. The maximum absolute atomic E-state index is 14.1. The van der Waals surface area contributed by atoms with E-state index in [1.165, 1.54) is 18.2 Å². The number of carbonyl (C=O) groups excluding carboxylic acids is 2. The van der Waals surface area contributed by atoms with Crippen LogP contribution in [0.25, 0.3) is 0 Å². The molecule has 2 amide bonds. The van der Waals surface area contributed by atoms with Gasteiger partial charge in [-0.1, -0.05) is 6.07 Å². The lowest BCUT2D eigenvalue weighted by Gasteiger charge is -2.18. The predicted octanol–water partition coefficient (Wildman–Crippen LogP) is 1.83. The van der Waals surface area contributed by atoms with E-state index in [1.54, 1.807) is 6.92 Å². The van der Waals surface area contributed by atoms with Crippen LogP contribution in [0, 0.1) is 5.82 Å². The van der Waals surface area contributed by atoms with E-state index in [1.807, 2.05) is 0 Å². The summed E-state index contributed by atoms with van der Waals surface area (Å²) in [7, 11) is -3.71. The number of amides is 2. The quantitative estimate of drug-likeness (QED) is 0.290. The highest BCUT2D eigenvalue weighted by Crippen LogP contribution is 2.28. The molecule has 0 bridgehead atoms. The first-order chi connectivity index (χ1) is 15.1. The molecule has 12 heteroatoms. The van der Waals surface area contributed by atoms with Gasteiger partial charge >= 0.3 is 6.09 Å². The molecule has 1 aliphatic rings. The van der Waals surface area contributed by atoms with Crippen molar-refractivity contribution in [3.05, 3.63) is 29.6 Å². The first-order valence-corrected chi connectivity index (χ1v) is 12.0. The third-order valence-electron chi connectivity index (χ3n) is 4.88. The lowest BCUT2D eigenvalue weighted by Crippen LogP contribution is -2.32. The summed E-state index contributed by atoms with van der Waals surface area (Å²) in [6.07, 6.45) is 1.04. The molecule has 0 radical (unpaired) electrons. The summed E-state index contributed by atoms with van der Waals surface area (Å²) in [5, 5.41) is 0. The Morgan fingerprint density at radius 3 is 2.56 bits per heavy atom. The van der Waals surface area contributed by atoms with Gasteiger partial charge in [-0.05, 0) is 56.7 Å². The fourth-order valence-corrected chi connectivity index (χ4v) is 4.64. The molecule has 180 valence electrons. The second-order valence-electron chi connectivity index (χ2n) is 7.63. The van der Waals surface area contributed by atoms with Crippen molar-refractivity contribution < 1.29 is 36.6 Å². The third kappa shape index (κ3) is 8.97. The molecule has 1 aromatic carbocycles. The van der Waals surface area contributed by atoms with Crippen molar-refractivity contribution in [1.29, 1.82) is 0 Å². The minimum atomic E-state index is -3.71. The first kappa shape index (κ1) is 25.8. The predicted molar refractivity (Wildman–Crippen MR) is 113 cm³/mol. The van der Waals surface area contributed by atoms with Gasteiger partial charge in [0.1, 0.15) is 0 Å². The van der Waals surface area contributed by atoms with Gasteiger partial charge in [0, 0.05) is 6.04 Å². The molecule has 0 saturated heterocycles. The molecule has 5 N–H and O–H groups in total. The second-order valence-corrected chi connectivity index (χ2v) is 9.51. The van der Waals surface area contributed by atoms with Gasteiger partial charge in [0.15, 0.2) is 11.6 Å². The molecule has 1 aromatic rings. The molecule has 0 aromatic heterocycles. The number of rotatable bonds is 13. The summed E-state index contributed by atoms with van der Waals surface area (Å²) >= 11 is 0. The van der Waals surface area contributed by atoms with Crippen molar-refractivity contribution >= 4 is 22.0 Å². The van der Waals surface area contributed by atoms with Crippen LogP contribution in [0.15, 0.2) is 18.2 Å². The standard InChI is InChI=1S/C20H30FN3O7S/c1-13(14-7-8-16(21)17(11-14)30-15-5-2-3-6-15)24-32(27,28)10-4-9-29-19(12-18(22)25)31-20(23)26/h7-8,11,13,15,19,24H,2-6,9-10,12H2,1H3,(H2,22,25)(H2,23,26)/t13-,19-/m1/s1. The molecule has 2 atom stereocenters. The molecule has 1 saturated carbocycles. The summed E-state index contributed by atoms with van der Waals surface area (Å²) in [4.78, 5) is 21.8. The summed E-state index contributed by atoms with van der Waals surface area (Å²) in [5.41, 5.74) is 10.5. The summed E-state index contributed by atoms with van der Waals surface area (Å²) in [6, 6.07) is 3.66. The van der Waals surface area contributed by atoms with E-state index in [2.05, 4.69) is 9.46 Å². The molecular weight excluding hydrogens is 445 g/mol. The lowest BCUT2D eigenvalue weighted by atomic mass is 10.1. The number of halogens is 1. The van der Waals surface area contributed by atoms with Crippen LogP contribution in [0.1, 0.15) is 57.1 Å². The van der Waals surface area contributed by atoms with Gasteiger partial charge < -0.3 is 25.7 Å². The Hall–Kier alpha value is -2.44. The molecule has 1 fully saturated rings. The minimum absolute atomic E-state index is 0.0244. The SMILES string of the molecule is C[C@@H](NS(=O)(=O)CCCO[C@@H](CC(N)=O)OC(N)=O)c1ccc(F)c(OC2CCCC2)c1. The number of nitrogens with two attached hydrogens (primary N) is 2. The minimum Gasteiger partial charge on any atom is -0.487 e. The van der Waals surface area contributed by atoms with Crippen LogP contribution in [-0.4, -0.2) is 45.2 Å². The molecular formula is C20H30FN3O7S. The number of primary amides is 2.